The first-order valence-corrected chi connectivity index (χ1v) is 9.48. The van der Waals surface area contributed by atoms with Gasteiger partial charge < -0.3 is 15.2 Å². The lowest BCUT2D eigenvalue weighted by atomic mass is 10.0. The summed E-state index contributed by atoms with van der Waals surface area (Å²) in [5, 5.41) is 19.7. The van der Waals surface area contributed by atoms with E-state index in [0.717, 1.165) is 5.69 Å². The van der Waals surface area contributed by atoms with Crippen LogP contribution in [0.5, 0.6) is 5.75 Å². The molecule has 0 aliphatic heterocycles. The molecule has 0 saturated carbocycles. The topological polar surface area (TPSA) is 92.2 Å². The molecular formula is C22H20F2N4O3. The van der Waals surface area contributed by atoms with Crippen molar-refractivity contribution in [2.24, 2.45) is 0 Å². The summed E-state index contributed by atoms with van der Waals surface area (Å²) in [6, 6.07) is 7.06. The van der Waals surface area contributed by atoms with Gasteiger partial charge in [0.2, 0.25) is 0 Å². The van der Waals surface area contributed by atoms with Crippen LogP contribution in [0.25, 0.3) is 22.0 Å². The highest BCUT2D eigenvalue weighted by atomic mass is 19.1. The summed E-state index contributed by atoms with van der Waals surface area (Å²) in [4.78, 5) is 12.9. The van der Waals surface area contributed by atoms with Crippen LogP contribution in [0.15, 0.2) is 48.8 Å². The summed E-state index contributed by atoms with van der Waals surface area (Å²) in [6.45, 7) is 1.33. The first-order valence-electron chi connectivity index (χ1n) is 9.48. The minimum atomic E-state index is -0.882. The number of nitrogens with zero attached hydrogens (tertiary/aromatic N) is 2. The van der Waals surface area contributed by atoms with Crippen LogP contribution in [-0.4, -0.2) is 39.6 Å². The van der Waals surface area contributed by atoms with Crippen LogP contribution in [0.1, 0.15) is 17.3 Å². The number of fused-ring (bicyclic) bond motifs is 1. The van der Waals surface area contributed by atoms with Gasteiger partial charge in [-0.15, -0.1) is 0 Å². The molecule has 31 heavy (non-hydrogen) atoms. The van der Waals surface area contributed by atoms with Crippen LogP contribution in [0.3, 0.4) is 0 Å². The van der Waals surface area contributed by atoms with E-state index in [9.17, 15) is 18.7 Å². The number of aryl methyl sites for hydroxylation is 1. The number of ether oxygens (including phenoxy) is 1. The van der Waals surface area contributed by atoms with Gasteiger partial charge in [0.15, 0.2) is 0 Å². The van der Waals surface area contributed by atoms with E-state index in [2.05, 4.69) is 15.5 Å². The van der Waals surface area contributed by atoms with E-state index < -0.39 is 30.3 Å². The van der Waals surface area contributed by atoms with E-state index in [1.54, 1.807) is 25.3 Å². The second-order valence-electron chi connectivity index (χ2n) is 7.09. The van der Waals surface area contributed by atoms with Gasteiger partial charge in [-0.2, -0.15) is 5.10 Å². The van der Waals surface area contributed by atoms with E-state index in [-0.39, 0.29) is 5.75 Å². The Morgan fingerprint density at radius 1 is 1.26 bits per heavy atom. The number of carbonyl (C=O) groups is 1. The van der Waals surface area contributed by atoms with Crippen molar-refractivity contribution >= 4 is 16.9 Å². The maximum Gasteiger partial charge on any atom is 0.326 e. The minimum Gasteiger partial charge on any atom is -0.497 e. The van der Waals surface area contributed by atoms with Crippen molar-refractivity contribution < 1.29 is 23.4 Å². The molecule has 3 N–H and O–H groups in total. The molecule has 2 aromatic carbocycles. The number of aliphatic hydroxyl groups is 1. The fraction of sp³-hybridized carbons (Fsp3) is 0.182. The lowest BCUT2D eigenvalue weighted by Crippen LogP contribution is -2.33. The van der Waals surface area contributed by atoms with Gasteiger partial charge in [-0.3, -0.25) is 9.67 Å². The van der Waals surface area contributed by atoms with E-state index in [0.29, 0.717) is 27.6 Å². The molecule has 0 aliphatic rings. The fourth-order valence-corrected chi connectivity index (χ4v) is 3.52. The number of aliphatic hydroxyl groups excluding tert-OH is 1. The molecule has 0 fully saturated rings. The minimum absolute atomic E-state index is 0.262. The highest BCUT2D eigenvalue weighted by molar-refractivity contribution is 5.94. The Morgan fingerprint density at radius 3 is 2.74 bits per heavy atom. The molecule has 9 heteroatoms. The summed E-state index contributed by atoms with van der Waals surface area (Å²) < 4.78 is 34.9. The summed E-state index contributed by atoms with van der Waals surface area (Å²) in [6.07, 6.45) is 3.05. The zero-order chi connectivity index (χ0) is 22.1. The first kappa shape index (κ1) is 20.5. The van der Waals surface area contributed by atoms with Crippen molar-refractivity contribution in [2.75, 3.05) is 13.7 Å². The van der Waals surface area contributed by atoms with Crippen LogP contribution in [0.2, 0.25) is 0 Å². The number of halogens is 2. The highest BCUT2D eigenvalue weighted by Gasteiger charge is 2.19. The zero-order valence-corrected chi connectivity index (χ0v) is 16.8. The third kappa shape index (κ3) is 3.87. The summed E-state index contributed by atoms with van der Waals surface area (Å²) in [5.41, 5.74) is 2.43. The number of amides is 1. The van der Waals surface area contributed by atoms with Crippen LogP contribution in [-0.2, 0) is 0 Å². The lowest BCUT2D eigenvalue weighted by molar-refractivity contribution is 0.218. The molecule has 0 bridgehead atoms. The SMILES string of the molecule is COc1cc(F)cc([C@@H](CO)NC(=O)n2ccc3cc(-c4cn[nH]c4C)c(F)cc32)c1. The predicted molar refractivity (Wildman–Crippen MR) is 111 cm³/mol. The Bertz CT molecular complexity index is 1270. The van der Waals surface area contributed by atoms with Gasteiger partial charge in [0.1, 0.15) is 17.4 Å². The summed E-state index contributed by atoms with van der Waals surface area (Å²) in [5.74, 6) is -0.797. The molecule has 1 amide bonds. The van der Waals surface area contributed by atoms with E-state index in [1.165, 1.54) is 42.1 Å². The molecule has 0 saturated heterocycles. The lowest BCUT2D eigenvalue weighted by Gasteiger charge is -2.18. The monoisotopic (exact) mass is 426 g/mol. The first-order chi connectivity index (χ1) is 14.9. The van der Waals surface area contributed by atoms with Crippen molar-refractivity contribution in [3.8, 4) is 16.9 Å². The molecule has 160 valence electrons. The Kier molecular flexibility index (Phi) is 5.43. The third-order valence-electron chi connectivity index (χ3n) is 5.13. The number of carbonyl (C=O) groups excluding carboxylic acids is 1. The second-order valence-corrected chi connectivity index (χ2v) is 7.09. The summed E-state index contributed by atoms with van der Waals surface area (Å²) >= 11 is 0. The molecular weight excluding hydrogens is 406 g/mol. The van der Waals surface area contributed by atoms with Crippen LogP contribution in [0.4, 0.5) is 13.6 Å². The number of hydrogen-bond donors (Lipinski definition) is 3. The van der Waals surface area contributed by atoms with Gasteiger partial charge in [0, 0.05) is 34.5 Å². The van der Waals surface area contributed by atoms with Crippen molar-refractivity contribution in [3.05, 3.63) is 71.7 Å². The van der Waals surface area contributed by atoms with Crippen molar-refractivity contribution in [3.63, 3.8) is 0 Å². The number of H-pyrrole nitrogens is 1. The van der Waals surface area contributed by atoms with Crippen LogP contribution in [0, 0.1) is 18.6 Å². The molecule has 7 nitrogen and oxygen atoms in total. The molecule has 0 radical (unpaired) electrons. The second kappa shape index (κ2) is 8.19. The van der Waals surface area contributed by atoms with Crippen molar-refractivity contribution in [1.29, 1.82) is 0 Å². The summed E-state index contributed by atoms with van der Waals surface area (Å²) in [7, 11) is 1.39. The molecule has 4 aromatic rings. The molecule has 1 atom stereocenters. The van der Waals surface area contributed by atoms with Gasteiger partial charge in [-0.25, -0.2) is 13.6 Å². The Morgan fingerprint density at radius 2 is 2.06 bits per heavy atom. The number of rotatable bonds is 5. The number of benzene rings is 2. The van der Waals surface area contributed by atoms with Crippen molar-refractivity contribution in [2.45, 2.75) is 13.0 Å². The average Bonchev–Trinajstić information content (AvgIpc) is 3.36. The quantitative estimate of drug-likeness (QED) is 0.451. The highest BCUT2D eigenvalue weighted by Crippen LogP contribution is 2.30. The van der Waals surface area contributed by atoms with Gasteiger partial charge in [0.25, 0.3) is 0 Å². The molecule has 0 aliphatic carbocycles. The Hall–Kier alpha value is -3.72. The standard InChI is InChI=1S/C22H20F2N4O3/c1-12-18(10-25-27-12)17-7-13-3-4-28(21(13)9-19(17)24)22(30)26-20(11-29)14-5-15(23)8-16(6-14)31-2/h3-10,20,29H,11H2,1-2H3,(H,25,27)(H,26,30)/t20-/m1/s1. The van der Waals surface area contributed by atoms with Crippen LogP contribution >= 0.6 is 0 Å². The van der Waals surface area contributed by atoms with Gasteiger partial charge in [-0.05, 0) is 42.8 Å². The van der Waals surface area contributed by atoms with Gasteiger partial charge in [0.05, 0.1) is 31.5 Å². The Balaban J connectivity index is 1.65. The number of hydrogen-bond acceptors (Lipinski definition) is 4. The normalized spacial score (nSPS) is 12.2. The predicted octanol–water partition coefficient (Wildman–Crippen LogP) is 3.92. The largest absolute Gasteiger partial charge is 0.497 e. The molecule has 0 spiro atoms. The van der Waals surface area contributed by atoms with E-state index in [4.69, 9.17) is 4.74 Å². The van der Waals surface area contributed by atoms with Crippen molar-refractivity contribution in [1.82, 2.24) is 20.1 Å². The number of methoxy groups -OCH3 is 1. The maximum atomic E-state index is 14.8. The smallest absolute Gasteiger partial charge is 0.326 e. The molecule has 0 unspecified atom stereocenters. The Labute approximate surface area is 176 Å². The van der Waals surface area contributed by atoms with Gasteiger partial charge >= 0.3 is 6.03 Å². The third-order valence-corrected chi connectivity index (χ3v) is 5.13. The van der Waals surface area contributed by atoms with Gasteiger partial charge in [-0.1, -0.05) is 0 Å². The molecule has 2 heterocycles. The number of nitrogens with one attached hydrogen (secondary N) is 2. The van der Waals surface area contributed by atoms with E-state index >= 15 is 0 Å². The fourth-order valence-electron chi connectivity index (χ4n) is 3.52. The van der Waals surface area contributed by atoms with Crippen LogP contribution < -0.4 is 10.1 Å². The molecule has 2 aromatic heterocycles. The van der Waals surface area contributed by atoms with E-state index in [1.807, 2.05) is 0 Å². The number of aromatic amines is 1. The maximum absolute atomic E-state index is 14.8. The average molecular weight is 426 g/mol. The molecule has 4 rings (SSSR count). The zero-order valence-electron chi connectivity index (χ0n) is 16.8. The number of aromatic nitrogens is 3.